The molecular formula is C13H25ClN4O2. The molecule has 2 rings (SSSR count). The molecule has 2 fully saturated rings. The SMILES string of the molecule is CCNC(=O)N1CCC(NC(=O)C2CCC(N)C2)C1.Cl. The van der Waals surface area contributed by atoms with Gasteiger partial charge in [-0.3, -0.25) is 4.79 Å². The number of carbonyl (C=O) groups excluding carboxylic acids is 2. The van der Waals surface area contributed by atoms with Crippen LogP contribution in [0, 0.1) is 5.92 Å². The Morgan fingerprint density at radius 2 is 2.05 bits per heavy atom. The average Bonchev–Trinajstić information content (AvgIpc) is 2.98. The van der Waals surface area contributed by atoms with Crippen LogP contribution in [0.25, 0.3) is 0 Å². The fourth-order valence-corrected chi connectivity index (χ4v) is 2.90. The highest BCUT2D eigenvalue weighted by Gasteiger charge is 2.32. The molecule has 0 aromatic heterocycles. The number of rotatable bonds is 3. The van der Waals surface area contributed by atoms with Gasteiger partial charge in [0.05, 0.1) is 0 Å². The number of halogens is 1. The lowest BCUT2D eigenvalue weighted by atomic mass is 10.1. The van der Waals surface area contributed by atoms with Crippen LogP contribution in [0.2, 0.25) is 0 Å². The summed E-state index contributed by atoms with van der Waals surface area (Å²) in [6.45, 7) is 3.85. The minimum atomic E-state index is -0.0397. The van der Waals surface area contributed by atoms with Crippen molar-refractivity contribution in [2.75, 3.05) is 19.6 Å². The van der Waals surface area contributed by atoms with E-state index in [-0.39, 0.29) is 42.3 Å². The summed E-state index contributed by atoms with van der Waals surface area (Å²) in [6, 6.07) is 0.222. The molecule has 7 heteroatoms. The molecule has 0 bridgehead atoms. The first-order valence-electron chi connectivity index (χ1n) is 7.19. The second-order valence-electron chi connectivity index (χ2n) is 5.55. The number of nitrogens with two attached hydrogens (primary N) is 1. The number of urea groups is 1. The first kappa shape index (κ1) is 17.0. The highest BCUT2D eigenvalue weighted by Crippen LogP contribution is 2.24. The van der Waals surface area contributed by atoms with E-state index < -0.39 is 0 Å². The van der Waals surface area contributed by atoms with Crippen LogP contribution in [0.5, 0.6) is 0 Å². The summed E-state index contributed by atoms with van der Waals surface area (Å²) in [7, 11) is 0. The predicted molar refractivity (Wildman–Crippen MR) is 79.8 cm³/mol. The minimum Gasteiger partial charge on any atom is -0.351 e. The van der Waals surface area contributed by atoms with Gasteiger partial charge in [-0.25, -0.2) is 4.79 Å². The molecular weight excluding hydrogens is 280 g/mol. The smallest absolute Gasteiger partial charge is 0.317 e. The van der Waals surface area contributed by atoms with Crippen LogP contribution >= 0.6 is 12.4 Å². The number of nitrogens with one attached hydrogen (secondary N) is 2. The third-order valence-electron chi connectivity index (χ3n) is 3.99. The monoisotopic (exact) mass is 304 g/mol. The van der Waals surface area contributed by atoms with Crippen molar-refractivity contribution < 1.29 is 9.59 Å². The molecule has 0 aromatic rings. The van der Waals surface area contributed by atoms with E-state index in [0.717, 1.165) is 25.7 Å². The second-order valence-corrected chi connectivity index (χ2v) is 5.55. The van der Waals surface area contributed by atoms with Crippen molar-refractivity contribution in [3.05, 3.63) is 0 Å². The van der Waals surface area contributed by atoms with Crippen LogP contribution in [0.15, 0.2) is 0 Å². The Labute approximate surface area is 126 Å². The van der Waals surface area contributed by atoms with Crippen molar-refractivity contribution in [2.45, 2.75) is 44.7 Å². The maximum absolute atomic E-state index is 12.1. The molecule has 1 saturated carbocycles. The summed E-state index contributed by atoms with van der Waals surface area (Å²) in [5.74, 6) is 0.171. The number of nitrogens with zero attached hydrogens (tertiary/aromatic N) is 1. The molecule has 1 saturated heterocycles. The lowest BCUT2D eigenvalue weighted by Gasteiger charge is -2.18. The number of hydrogen-bond donors (Lipinski definition) is 3. The van der Waals surface area contributed by atoms with Gasteiger partial charge in [-0.1, -0.05) is 0 Å². The van der Waals surface area contributed by atoms with Gasteiger partial charge in [-0.05, 0) is 32.6 Å². The summed E-state index contributed by atoms with van der Waals surface area (Å²) >= 11 is 0. The van der Waals surface area contributed by atoms with E-state index in [1.54, 1.807) is 4.90 Å². The predicted octanol–water partition coefficient (Wildman–Crippen LogP) is 0.456. The Kier molecular flexibility index (Phi) is 6.55. The summed E-state index contributed by atoms with van der Waals surface area (Å²) in [5, 5.41) is 5.83. The Morgan fingerprint density at radius 3 is 2.65 bits per heavy atom. The van der Waals surface area contributed by atoms with Crippen molar-refractivity contribution in [2.24, 2.45) is 11.7 Å². The summed E-state index contributed by atoms with van der Waals surface area (Å²) < 4.78 is 0. The maximum atomic E-state index is 12.1. The number of likely N-dealkylation sites (tertiary alicyclic amines) is 1. The molecule has 3 atom stereocenters. The highest BCUT2D eigenvalue weighted by atomic mass is 35.5. The standard InChI is InChI=1S/C13H24N4O2.ClH/c1-2-15-13(19)17-6-5-11(8-17)16-12(18)9-3-4-10(14)7-9;/h9-11H,2-8,14H2,1H3,(H,15,19)(H,16,18);1H. The molecule has 20 heavy (non-hydrogen) atoms. The molecule has 0 radical (unpaired) electrons. The molecule has 3 amide bonds. The Hall–Kier alpha value is -1.01. The molecule has 0 spiro atoms. The topological polar surface area (TPSA) is 87.5 Å². The fraction of sp³-hybridized carbons (Fsp3) is 0.846. The van der Waals surface area contributed by atoms with Gasteiger partial charge in [0.1, 0.15) is 0 Å². The van der Waals surface area contributed by atoms with Crippen molar-refractivity contribution >= 4 is 24.3 Å². The van der Waals surface area contributed by atoms with Crippen LogP contribution in [-0.4, -0.2) is 48.6 Å². The van der Waals surface area contributed by atoms with E-state index >= 15 is 0 Å². The Bertz CT molecular complexity index is 353. The quantitative estimate of drug-likeness (QED) is 0.708. The molecule has 1 aliphatic carbocycles. The number of hydrogen-bond acceptors (Lipinski definition) is 3. The lowest BCUT2D eigenvalue weighted by Crippen LogP contribution is -2.43. The molecule has 1 aliphatic heterocycles. The minimum absolute atomic E-state index is 0. The van der Waals surface area contributed by atoms with Crippen molar-refractivity contribution in [1.29, 1.82) is 0 Å². The molecule has 1 heterocycles. The van der Waals surface area contributed by atoms with Gasteiger partial charge in [0, 0.05) is 37.6 Å². The molecule has 6 nitrogen and oxygen atoms in total. The van der Waals surface area contributed by atoms with Crippen LogP contribution in [0.4, 0.5) is 4.79 Å². The molecule has 2 aliphatic rings. The largest absolute Gasteiger partial charge is 0.351 e. The Morgan fingerprint density at radius 1 is 1.30 bits per heavy atom. The zero-order chi connectivity index (χ0) is 13.8. The fourth-order valence-electron chi connectivity index (χ4n) is 2.90. The van der Waals surface area contributed by atoms with E-state index in [2.05, 4.69) is 10.6 Å². The number of carbonyl (C=O) groups is 2. The highest BCUT2D eigenvalue weighted by molar-refractivity contribution is 5.85. The number of amides is 3. The Balaban J connectivity index is 0.00000200. The van der Waals surface area contributed by atoms with Gasteiger partial charge in [0.2, 0.25) is 5.91 Å². The van der Waals surface area contributed by atoms with E-state index in [1.165, 1.54) is 0 Å². The zero-order valence-electron chi connectivity index (χ0n) is 11.9. The van der Waals surface area contributed by atoms with Gasteiger partial charge in [0.15, 0.2) is 0 Å². The molecule has 116 valence electrons. The van der Waals surface area contributed by atoms with Crippen LogP contribution in [-0.2, 0) is 4.79 Å². The van der Waals surface area contributed by atoms with E-state index in [0.29, 0.717) is 19.6 Å². The lowest BCUT2D eigenvalue weighted by molar-refractivity contribution is -0.125. The third-order valence-corrected chi connectivity index (χ3v) is 3.99. The van der Waals surface area contributed by atoms with Gasteiger partial charge in [0.25, 0.3) is 0 Å². The van der Waals surface area contributed by atoms with Crippen molar-refractivity contribution in [3.63, 3.8) is 0 Å². The van der Waals surface area contributed by atoms with E-state index in [4.69, 9.17) is 5.73 Å². The molecule has 3 unspecified atom stereocenters. The van der Waals surface area contributed by atoms with Gasteiger partial charge in [-0.2, -0.15) is 0 Å². The zero-order valence-corrected chi connectivity index (χ0v) is 12.7. The van der Waals surface area contributed by atoms with Crippen LogP contribution in [0.1, 0.15) is 32.6 Å². The maximum Gasteiger partial charge on any atom is 0.317 e. The van der Waals surface area contributed by atoms with E-state index in [1.807, 2.05) is 6.92 Å². The van der Waals surface area contributed by atoms with Gasteiger partial charge in [-0.15, -0.1) is 12.4 Å². The average molecular weight is 305 g/mol. The third kappa shape index (κ3) is 4.24. The van der Waals surface area contributed by atoms with E-state index in [9.17, 15) is 9.59 Å². The normalized spacial score (nSPS) is 28.9. The van der Waals surface area contributed by atoms with Crippen molar-refractivity contribution in [1.82, 2.24) is 15.5 Å². The summed E-state index contributed by atoms with van der Waals surface area (Å²) in [5.41, 5.74) is 5.83. The van der Waals surface area contributed by atoms with Crippen LogP contribution in [0.3, 0.4) is 0 Å². The van der Waals surface area contributed by atoms with Gasteiger partial charge >= 0.3 is 6.03 Å². The van der Waals surface area contributed by atoms with Crippen LogP contribution < -0.4 is 16.4 Å². The first-order chi connectivity index (χ1) is 9.10. The second kappa shape index (κ2) is 7.69. The summed E-state index contributed by atoms with van der Waals surface area (Å²) in [4.78, 5) is 25.5. The molecule has 0 aromatic carbocycles. The molecule has 4 N–H and O–H groups in total. The first-order valence-corrected chi connectivity index (χ1v) is 7.19. The van der Waals surface area contributed by atoms with Crippen molar-refractivity contribution in [3.8, 4) is 0 Å². The summed E-state index contributed by atoms with van der Waals surface area (Å²) in [6.07, 6.45) is 3.45. The van der Waals surface area contributed by atoms with Gasteiger partial charge < -0.3 is 21.3 Å².